The zero-order chi connectivity index (χ0) is 20.4. The van der Waals surface area contributed by atoms with Gasteiger partial charge in [0, 0.05) is 44.7 Å². The van der Waals surface area contributed by atoms with Gasteiger partial charge in [-0.05, 0) is 45.4 Å². The highest BCUT2D eigenvalue weighted by atomic mass is 16.5. The number of guanidine groups is 1. The second-order valence-corrected chi connectivity index (χ2v) is 8.54. The van der Waals surface area contributed by atoms with E-state index >= 15 is 0 Å². The summed E-state index contributed by atoms with van der Waals surface area (Å²) < 4.78 is 5.82. The van der Waals surface area contributed by atoms with E-state index in [0.29, 0.717) is 11.8 Å². The van der Waals surface area contributed by atoms with E-state index in [2.05, 4.69) is 36.3 Å². The first-order valence-corrected chi connectivity index (χ1v) is 11.5. The number of hydrogen-bond acceptors (Lipinski definition) is 3. The fourth-order valence-electron chi connectivity index (χ4n) is 4.33. The number of ether oxygens (including phenoxy) is 1. The van der Waals surface area contributed by atoms with Crippen LogP contribution in [0, 0.1) is 11.8 Å². The standard InChI is InChI=1S/C22H42N4O2/c1-5-23-22(24-14-12-20(17(3)4)28-6-2)25-19-13-15-26(16-19)21(27)18-10-8-7-9-11-18/h17-20H,5-16H2,1-4H3,(H2,23,24,25). The van der Waals surface area contributed by atoms with Gasteiger partial charge in [-0.15, -0.1) is 0 Å². The van der Waals surface area contributed by atoms with Crippen LogP contribution < -0.4 is 10.6 Å². The van der Waals surface area contributed by atoms with Gasteiger partial charge >= 0.3 is 0 Å². The van der Waals surface area contributed by atoms with Gasteiger partial charge in [-0.25, -0.2) is 0 Å². The molecular weight excluding hydrogens is 352 g/mol. The predicted octanol–water partition coefficient (Wildman–Crippen LogP) is 3.17. The Balaban J connectivity index is 1.82. The number of rotatable bonds is 9. The van der Waals surface area contributed by atoms with Crippen LogP contribution in [0.4, 0.5) is 0 Å². The molecule has 28 heavy (non-hydrogen) atoms. The van der Waals surface area contributed by atoms with Crippen molar-refractivity contribution in [2.45, 2.75) is 84.8 Å². The molecule has 162 valence electrons. The van der Waals surface area contributed by atoms with Gasteiger partial charge in [0.25, 0.3) is 0 Å². The third-order valence-corrected chi connectivity index (χ3v) is 5.95. The Morgan fingerprint density at radius 2 is 1.93 bits per heavy atom. The van der Waals surface area contributed by atoms with E-state index in [0.717, 1.165) is 64.4 Å². The van der Waals surface area contributed by atoms with Gasteiger partial charge in [0.15, 0.2) is 5.96 Å². The maximum Gasteiger partial charge on any atom is 0.225 e. The summed E-state index contributed by atoms with van der Waals surface area (Å²) in [6, 6.07) is 0.290. The van der Waals surface area contributed by atoms with Crippen LogP contribution >= 0.6 is 0 Å². The molecule has 0 aromatic carbocycles. The third kappa shape index (κ3) is 7.26. The number of carbonyl (C=O) groups excluding carboxylic acids is 1. The lowest BCUT2D eigenvalue weighted by molar-refractivity contribution is -0.135. The van der Waals surface area contributed by atoms with Crippen molar-refractivity contribution in [1.82, 2.24) is 15.5 Å². The molecule has 1 amide bonds. The lowest BCUT2D eigenvalue weighted by atomic mass is 9.88. The predicted molar refractivity (Wildman–Crippen MR) is 116 cm³/mol. The molecule has 2 unspecified atom stereocenters. The number of nitrogens with one attached hydrogen (secondary N) is 2. The van der Waals surface area contributed by atoms with Crippen molar-refractivity contribution in [3.05, 3.63) is 0 Å². The van der Waals surface area contributed by atoms with Crippen molar-refractivity contribution in [3.8, 4) is 0 Å². The molecule has 0 spiro atoms. The molecule has 2 N–H and O–H groups in total. The van der Waals surface area contributed by atoms with Crippen molar-refractivity contribution < 1.29 is 9.53 Å². The van der Waals surface area contributed by atoms with Crippen molar-refractivity contribution in [2.24, 2.45) is 16.8 Å². The van der Waals surface area contributed by atoms with Crippen molar-refractivity contribution in [3.63, 3.8) is 0 Å². The Morgan fingerprint density at radius 1 is 1.18 bits per heavy atom. The molecule has 2 aliphatic rings. The Kier molecular flexibility index (Phi) is 10.1. The number of amides is 1. The van der Waals surface area contributed by atoms with Crippen LogP contribution in [0.25, 0.3) is 0 Å². The lowest BCUT2D eigenvalue weighted by Gasteiger charge is -2.26. The Labute approximate surface area is 171 Å². The maximum absolute atomic E-state index is 12.8. The Morgan fingerprint density at radius 3 is 2.57 bits per heavy atom. The molecule has 2 fully saturated rings. The monoisotopic (exact) mass is 394 g/mol. The smallest absolute Gasteiger partial charge is 0.225 e. The van der Waals surface area contributed by atoms with E-state index in [1.54, 1.807) is 0 Å². The summed E-state index contributed by atoms with van der Waals surface area (Å²) in [5.41, 5.74) is 0. The minimum atomic E-state index is 0.256. The summed E-state index contributed by atoms with van der Waals surface area (Å²) in [4.78, 5) is 19.6. The zero-order valence-electron chi connectivity index (χ0n) is 18.5. The maximum atomic E-state index is 12.8. The van der Waals surface area contributed by atoms with Crippen LogP contribution in [0.3, 0.4) is 0 Å². The number of carbonyl (C=O) groups is 1. The number of nitrogens with zero attached hydrogens (tertiary/aromatic N) is 2. The van der Waals surface area contributed by atoms with Crippen molar-refractivity contribution in [1.29, 1.82) is 0 Å². The van der Waals surface area contributed by atoms with Crippen LogP contribution in [0.5, 0.6) is 0 Å². The largest absolute Gasteiger partial charge is 0.378 e. The van der Waals surface area contributed by atoms with Crippen LogP contribution in [-0.2, 0) is 9.53 Å². The average Bonchev–Trinajstić information content (AvgIpc) is 3.16. The van der Waals surface area contributed by atoms with E-state index in [4.69, 9.17) is 9.73 Å². The number of aliphatic imine (C=N–C) groups is 1. The third-order valence-electron chi connectivity index (χ3n) is 5.95. The molecule has 1 heterocycles. The second kappa shape index (κ2) is 12.3. The molecule has 2 atom stereocenters. The SMILES string of the molecule is CCNC(=NCCC(OCC)C(C)C)NC1CCN(C(=O)C2CCCCC2)C1. The highest BCUT2D eigenvalue weighted by Crippen LogP contribution is 2.26. The average molecular weight is 395 g/mol. The van der Waals surface area contributed by atoms with Crippen molar-refractivity contribution in [2.75, 3.05) is 32.8 Å². The van der Waals surface area contributed by atoms with E-state index in [1.807, 2.05) is 6.92 Å². The van der Waals surface area contributed by atoms with Crippen LogP contribution in [0.2, 0.25) is 0 Å². The fraction of sp³-hybridized carbons (Fsp3) is 0.909. The van der Waals surface area contributed by atoms with E-state index in [9.17, 15) is 4.79 Å². The highest BCUT2D eigenvalue weighted by Gasteiger charge is 2.31. The second-order valence-electron chi connectivity index (χ2n) is 8.54. The minimum Gasteiger partial charge on any atom is -0.378 e. The molecule has 0 aromatic rings. The van der Waals surface area contributed by atoms with Gasteiger partial charge in [-0.3, -0.25) is 9.79 Å². The summed E-state index contributed by atoms with van der Waals surface area (Å²) in [6.07, 6.45) is 8.05. The molecule has 6 nitrogen and oxygen atoms in total. The summed E-state index contributed by atoms with van der Waals surface area (Å²) in [5.74, 6) is 2.00. The molecule has 1 aliphatic heterocycles. The molecular formula is C22H42N4O2. The summed E-state index contributed by atoms with van der Waals surface area (Å²) in [6.45, 7) is 12.5. The Bertz CT molecular complexity index is 489. The van der Waals surface area contributed by atoms with Gasteiger partial charge in [-0.2, -0.15) is 0 Å². The van der Waals surface area contributed by atoms with Gasteiger partial charge in [-0.1, -0.05) is 33.1 Å². The van der Waals surface area contributed by atoms with Gasteiger partial charge < -0.3 is 20.3 Å². The molecule has 1 aliphatic carbocycles. The van der Waals surface area contributed by atoms with Crippen molar-refractivity contribution >= 4 is 11.9 Å². The number of likely N-dealkylation sites (tertiary alicyclic amines) is 1. The molecule has 2 rings (SSSR count). The van der Waals surface area contributed by atoms with Crippen LogP contribution in [-0.4, -0.2) is 61.7 Å². The summed E-state index contributed by atoms with van der Waals surface area (Å²) in [5, 5.41) is 6.89. The van der Waals surface area contributed by atoms with E-state index in [-0.39, 0.29) is 18.1 Å². The molecule has 1 saturated carbocycles. The highest BCUT2D eigenvalue weighted by molar-refractivity contribution is 5.81. The molecule has 0 bridgehead atoms. The minimum absolute atomic E-state index is 0.256. The summed E-state index contributed by atoms with van der Waals surface area (Å²) >= 11 is 0. The first-order chi connectivity index (χ1) is 13.5. The fourth-order valence-corrected chi connectivity index (χ4v) is 4.33. The molecule has 6 heteroatoms. The van der Waals surface area contributed by atoms with Gasteiger partial charge in [0.05, 0.1) is 6.10 Å². The van der Waals surface area contributed by atoms with Crippen LogP contribution in [0.15, 0.2) is 4.99 Å². The van der Waals surface area contributed by atoms with Gasteiger partial charge in [0.2, 0.25) is 5.91 Å². The normalized spacial score (nSPS) is 22.5. The topological polar surface area (TPSA) is 66.0 Å². The first kappa shape index (κ1) is 23.0. The van der Waals surface area contributed by atoms with Gasteiger partial charge in [0.1, 0.15) is 0 Å². The zero-order valence-corrected chi connectivity index (χ0v) is 18.5. The molecule has 0 aromatic heterocycles. The number of hydrogen-bond donors (Lipinski definition) is 2. The first-order valence-electron chi connectivity index (χ1n) is 11.5. The molecule has 1 saturated heterocycles. The Hall–Kier alpha value is -1.30. The van der Waals surface area contributed by atoms with E-state index < -0.39 is 0 Å². The lowest BCUT2D eigenvalue weighted by Crippen LogP contribution is -2.45. The van der Waals surface area contributed by atoms with E-state index in [1.165, 1.54) is 19.3 Å². The molecule has 0 radical (unpaired) electrons. The summed E-state index contributed by atoms with van der Waals surface area (Å²) in [7, 11) is 0. The van der Waals surface area contributed by atoms with Crippen LogP contribution in [0.1, 0.15) is 72.6 Å². The quantitative estimate of drug-likeness (QED) is 0.466.